The Morgan fingerprint density at radius 3 is 1.35 bits per heavy atom. The van der Waals surface area contributed by atoms with Crippen LogP contribution in [0.15, 0.2) is 91.0 Å². The van der Waals surface area contributed by atoms with Crippen LogP contribution in [-0.4, -0.2) is 26.0 Å². The van der Waals surface area contributed by atoms with Gasteiger partial charge in [0.05, 0.1) is 6.61 Å². The first kappa shape index (κ1) is 34.2. The van der Waals surface area contributed by atoms with E-state index in [0.717, 1.165) is 32.1 Å². The van der Waals surface area contributed by atoms with Gasteiger partial charge in [-0.25, -0.2) is 0 Å². The molecule has 0 heterocycles. The van der Waals surface area contributed by atoms with E-state index in [1.807, 2.05) is 44.0 Å². The highest BCUT2D eigenvalue weighted by Gasteiger charge is 2.03. The highest BCUT2D eigenvalue weighted by molar-refractivity contribution is 5.15. The number of carbonyl (C=O) groups is 1. The lowest BCUT2D eigenvalue weighted by atomic mass is 10.00. The third-order valence-electron chi connectivity index (χ3n) is 5.66. The number of rotatable bonds is 12. The fourth-order valence-electron chi connectivity index (χ4n) is 3.77. The molecule has 0 radical (unpaired) electrons. The van der Waals surface area contributed by atoms with Gasteiger partial charge >= 0.3 is 0 Å². The summed E-state index contributed by atoms with van der Waals surface area (Å²) in [6.07, 6.45) is 9.29. The van der Waals surface area contributed by atoms with E-state index in [-0.39, 0.29) is 0 Å². The van der Waals surface area contributed by atoms with Crippen LogP contribution in [0.4, 0.5) is 0 Å². The predicted octanol–water partition coefficient (Wildman–Crippen LogP) is 7.14. The highest BCUT2D eigenvalue weighted by Crippen LogP contribution is 2.11. The molecule has 0 aromatic heterocycles. The smallest absolute Gasteiger partial charge is 0.106 e. The molecule has 0 aliphatic carbocycles. The zero-order valence-electron chi connectivity index (χ0n) is 23.4. The van der Waals surface area contributed by atoms with Gasteiger partial charge in [-0.2, -0.15) is 0 Å². The van der Waals surface area contributed by atoms with Gasteiger partial charge < -0.3 is 21.0 Å². The molecule has 0 aliphatic heterocycles. The summed E-state index contributed by atoms with van der Waals surface area (Å²) in [6.45, 7) is 6.88. The second kappa shape index (κ2) is 24.9. The highest BCUT2D eigenvalue weighted by atomic mass is 16.5. The van der Waals surface area contributed by atoms with E-state index in [2.05, 4.69) is 67.6 Å². The number of aryl methyl sites for hydroxylation is 2. The maximum atomic E-state index is 8.00. The van der Waals surface area contributed by atoms with Crippen LogP contribution in [0.25, 0.3) is 0 Å². The molecule has 204 valence electrons. The van der Waals surface area contributed by atoms with Crippen molar-refractivity contribution in [3.8, 4) is 0 Å². The van der Waals surface area contributed by atoms with Gasteiger partial charge in [0.15, 0.2) is 0 Å². The van der Waals surface area contributed by atoms with Crippen LogP contribution in [0.2, 0.25) is 0 Å². The van der Waals surface area contributed by atoms with Gasteiger partial charge in [0, 0.05) is 19.2 Å². The fourth-order valence-corrected chi connectivity index (χ4v) is 3.77. The van der Waals surface area contributed by atoms with Gasteiger partial charge in [-0.15, -0.1) is 0 Å². The fraction of sp³-hybridized carbons (Fsp3) is 0.424. The zero-order valence-corrected chi connectivity index (χ0v) is 23.4. The summed E-state index contributed by atoms with van der Waals surface area (Å²) in [4.78, 5) is 8.00. The van der Waals surface area contributed by atoms with Gasteiger partial charge in [0.2, 0.25) is 0 Å². The van der Waals surface area contributed by atoms with Crippen molar-refractivity contribution in [2.24, 2.45) is 11.5 Å². The molecule has 3 rings (SSSR count). The minimum absolute atomic E-state index is 0.349. The van der Waals surface area contributed by atoms with Gasteiger partial charge in [-0.05, 0) is 68.6 Å². The molecule has 4 N–H and O–H groups in total. The second-order valence-corrected chi connectivity index (χ2v) is 9.20. The van der Waals surface area contributed by atoms with Gasteiger partial charge in [0.25, 0.3) is 0 Å². The van der Waals surface area contributed by atoms with Gasteiger partial charge in [0.1, 0.15) is 6.79 Å². The van der Waals surface area contributed by atoms with Crippen LogP contribution >= 0.6 is 0 Å². The lowest BCUT2D eigenvalue weighted by Gasteiger charge is -2.11. The van der Waals surface area contributed by atoms with E-state index in [1.54, 1.807) is 7.11 Å². The lowest BCUT2D eigenvalue weighted by Crippen LogP contribution is -2.20. The molecule has 3 aromatic rings. The Morgan fingerprint density at radius 1 is 0.676 bits per heavy atom. The molecule has 0 amide bonds. The Kier molecular flexibility index (Phi) is 23.0. The Bertz CT molecular complexity index is 796. The van der Waals surface area contributed by atoms with Crippen LogP contribution in [0.1, 0.15) is 69.1 Å². The van der Waals surface area contributed by atoms with Gasteiger partial charge in [-0.3, -0.25) is 0 Å². The monoisotopic (exact) mass is 506 g/mol. The lowest BCUT2D eigenvalue weighted by molar-refractivity contribution is -0.0979. The topological polar surface area (TPSA) is 78.3 Å². The first-order chi connectivity index (χ1) is 18.0. The van der Waals surface area contributed by atoms with Gasteiger partial charge in [-0.1, -0.05) is 104 Å². The molecule has 0 fully saturated rings. The summed E-state index contributed by atoms with van der Waals surface area (Å²) in [5, 5.41) is 0. The second-order valence-electron chi connectivity index (χ2n) is 9.20. The molecule has 37 heavy (non-hydrogen) atoms. The molecule has 0 aliphatic rings. The standard InChI is InChI=1S/C19H25N.C8H10O.C5H13N.CH2O/c20-19(15-7-13-17-9-3-1-4-10-17)16-8-14-18-11-5-2-6-12-18;1-9-7-8-5-3-2-4-6-8;1-3-4-5(2)6;1-2/h1-6,9-12,19H,7-8,13-16,20H2;2-6H,7H2,1H3;5H,3-4,6H2,1-2H3;1H2. The largest absolute Gasteiger partial charge is 0.380 e. The molecule has 0 bridgehead atoms. The third-order valence-corrected chi connectivity index (χ3v) is 5.66. The van der Waals surface area contributed by atoms with Crippen LogP contribution in [-0.2, 0) is 29.0 Å². The number of carbonyl (C=O) groups excluding carboxylic acids is 1. The van der Waals surface area contributed by atoms with Crippen molar-refractivity contribution in [3.63, 3.8) is 0 Å². The van der Waals surface area contributed by atoms with Crippen molar-refractivity contribution in [1.29, 1.82) is 0 Å². The number of nitrogens with two attached hydrogens (primary N) is 2. The maximum Gasteiger partial charge on any atom is 0.106 e. The molecular weight excluding hydrogens is 456 g/mol. The van der Waals surface area contributed by atoms with Crippen molar-refractivity contribution < 1.29 is 9.53 Å². The molecule has 4 nitrogen and oxygen atoms in total. The first-order valence-corrected chi connectivity index (χ1v) is 13.5. The summed E-state index contributed by atoms with van der Waals surface area (Å²) >= 11 is 0. The van der Waals surface area contributed by atoms with E-state index < -0.39 is 0 Å². The van der Waals surface area contributed by atoms with E-state index in [9.17, 15) is 0 Å². The van der Waals surface area contributed by atoms with Crippen LogP contribution < -0.4 is 11.5 Å². The Balaban J connectivity index is 0.000000629. The minimum Gasteiger partial charge on any atom is -0.380 e. The Morgan fingerprint density at radius 2 is 1.05 bits per heavy atom. The average Bonchev–Trinajstić information content (AvgIpc) is 2.93. The third kappa shape index (κ3) is 21.0. The normalized spacial score (nSPS) is 10.6. The van der Waals surface area contributed by atoms with Crippen molar-refractivity contribution in [3.05, 3.63) is 108 Å². The molecule has 3 aromatic carbocycles. The predicted molar refractivity (Wildman–Crippen MR) is 160 cm³/mol. The van der Waals surface area contributed by atoms with Crippen LogP contribution in [0.5, 0.6) is 0 Å². The molecule has 1 atom stereocenters. The molecule has 4 heteroatoms. The zero-order chi connectivity index (χ0) is 27.6. The summed E-state index contributed by atoms with van der Waals surface area (Å²) < 4.78 is 4.93. The molecule has 1 unspecified atom stereocenters. The SMILES string of the molecule is C=O.CCCC(C)N.COCc1ccccc1.NC(CCCc1ccccc1)CCCc1ccccc1. The van der Waals surface area contributed by atoms with E-state index in [0.29, 0.717) is 18.7 Å². The molecule has 0 spiro atoms. The quantitative estimate of drug-likeness (QED) is 0.274. The first-order valence-electron chi connectivity index (χ1n) is 13.5. The van der Waals surface area contributed by atoms with Crippen LogP contribution in [0, 0.1) is 0 Å². The Labute approximate surface area is 226 Å². The summed E-state index contributed by atoms with van der Waals surface area (Å²) in [5.74, 6) is 0. The maximum absolute atomic E-state index is 8.00. The minimum atomic E-state index is 0.349. The van der Waals surface area contributed by atoms with E-state index in [1.165, 1.54) is 36.0 Å². The summed E-state index contributed by atoms with van der Waals surface area (Å²) in [6, 6.07) is 32.2. The molecule has 0 saturated heterocycles. The summed E-state index contributed by atoms with van der Waals surface area (Å²) in [7, 11) is 1.70. The van der Waals surface area contributed by atoms with E-state index >= 15 is 0 Å². The summed E-state index contributed by atoms with van der Waals surface area (Å²) in [5.41, 5.74) is 15.7. The molecular formula is C33H50N2O2. The number of ether oxygens (including phenoxy) is 1. The number of hydrogen-bond acceptors (Lipinski definition) is 4. The van der Waals surface area contributed by atoms with Crippen molar-refractivity contribution in [2.45, 2.75) is 83.9 Å². The average molecular weight is 507 g/mol. The van der Waals surface area contributed by atoms with E-state index in [4.69, 9.17) is 21.0 Å². The van der Waals surface area contributed by atoms with Crippen molar-refractivity contribution in [1.82, 2.24) is 0 Å². The molecule has 0 saturated carbocycles. The number of methoxy groups -OCH3 is 1. The Hall–Kier alpha value is -2.79. The van der Waals surface area contributed by atoms with Crippen molar-refractivity contribution in [2.75, 3.05) is 7.11 Å². The van der Waals surface area contributed by atoms with Crippen molar-refractivity contribution >= 4 is 6.79 Å². The van der Waals surface area contributed by atoms with Crippen LogP contribution in [0.3, 0.4) is 0 Å². The number of hydrogen-bond donors (Lipinski definition) is 2. The number of benzene rings is 3.